The highest BCUT2D eigenvalue weighted by Crippen LogP contribution is 2.19. The van der Waals surface area contributed by atoms with Crippen LogP contribution in [0.4, 0.5) is 10.3 Å². The summed E-state index contributed by atoms with van der Waals surface area (Å²) in [6, 6.07) is 5.96. The monoisotopic (exact) mass is 446 g/mol. The first kappa shape index (κ1) is 21.1. The van der Waals surface area contributed by atoms with Crippen LogP contribution in [0.1, 0.15) is 32.1 Å². The molecule has 0 fully saturated rings. The molecule has 2 aromatic heterocycles. The molecule has 3 rings (SSSR count). The number of thiazole rings is 2. The van der Waals surface area contributed by atoms with Gasteiger partial charge in [-0.25, -0.2) is 9.97 Å². The number of carbonyl (C=O) groups excluding carboxylic acids is 3. The molecule has 10 nitrogen and oxygen atoms in total. The lowest BCUT2D eigenvalue weighted by molar-refractivity contribution is -0.136. The van der Waals surface area contributed by atoms with Crippen LogP contribution >= 0.6 is 22.7 Å². The molecule has 0 aliphatic carbocycles. The van der Waals surface area contributed by atoms with E-state index in [0.29, 0.717) is 34.1 Å². The summed E-state index contributed by atoms with van der Waals surface area (Å²) in [7, 11) is 0. The van der Waals surface area contributed by atoms with Gasteiger partial charge in [0, 0.05) is 21.9 Å². The van der Waals surface area contributed by atoms with E-state index in [-0.39, 0.29) is 18.2 Å². The molecule has 0 spiro atoms. The molecular weight excluding hydrogens is 432 g/mol. The van der Waals surface area contributed by atoms with Gasteiger partial charge in [0.25, 0.3) is 18.3 Å². The lowest BCUT2D eigenvalue weighted by atomic mass is 10.1. The van der Waals surface area contributed by atoms with E-state index in [4.69, 9.17) is 5.11 Å². The van der Waals surface area contributed by atoms with Crippen LogP contribution in [0.5, 0.6) is 0 Å². The fourth-order valence-electron chi connectivity index (χ4n) is 2.26. The molecule has 0 saturated carbocycles. The van der Waals surface area contributed by atoms with Crippen molar-refractivity contribution >= 4 is 57.2 Å². The van der Waals surface area contributed by atoms with Gasteiger partial charge >= 0.3 is 5.97 Å². The second kappa shape index (κ2) is 9.71. The smallest absolute Gasteiger partial charge is 0.309 e. The average molecular weight is 446 g/mol. The lowest BCUT2D eigenvalue weighted by Gasteiger charge is -2.04. The molecule has 30 heavy (non-hydrogen) atoms. The first-order chi connectivity index (χ1) is 14.4. The van der Waals surface area contributed by atoms with Gasteiger partial charge in [0.15, 0.2) is 10.3 Å². The maximum atomic E-state index is 12.3. The molecule has 3 N–H and O–H groups in total. The van der Waals surface area contributed by atoms with E-state index in [0.717, 1.165) is 11.3 Å². The van der Waals surface area contributed by atoms with Gasteiger partial charge in [-0.05, 0) is 24.3 Å². The minimum atomic E-state index is -1.00. The Labute approximate surface area is 177 Å². The zero-order valence-electron chi connectivity index (χ0n) is 15.2. The van der Waals surface area contributed by atoms with Crippen LogP contribution in [0, 0.1) is 0 Å². The van der Waals surface area contributed by atoms with Crippen LogP contribution in [0.25, 0.3) is 0 Å². The first-order valence-corrected chi connectivity index (χ1v) is 10.1. The molecule has 0 unspecified atom stereocenters. The number of carboxylic acids is 1. The van der Waals surface area contributed by atoms with Crippen LogP contribution in [-0.2, 0) is 27.4 Å². The van der Waals surface area contributed by atoms with Crippen molar-refractivity contribution in [2.45, 2.75) is 13.0 Å². The molecule has 3 aromatic rings. The molecule has 2 amide bonds. The van der Waals surface area contributed by atoms with Crippen molar-refractivity contribution in [2.24, 2.45) is 0 Å². The average Bonchev–Trinajstić information content (AvgIpc) is 3.35. The number of hydrogen-bond donors (Lipinski definition) is 3. The topological polar surface area (TPSA) is 148 Å². The predicted octanol–water partition coefficient (Wildman–Crippen LogP) is 2.40. The molecule has 0 saturated heterocycles. The Morgan fingerprint density at radius 1 is 0.933 bits per heavy atom. The number of nitrogens with zero attached hydrogens (tertiary/aromatic N) is 2. The van der Waals surface area contributed by atoms with Crippen LogP contribution in [-0.4, -0.2) is 39.3 Å². The first-order valence-electron chi connectivity index (χ1n) is 8.33. The van der Waals surface area contributed by atoms with Crippen molar-refractivity contribution in [3.05, 3.63) is 57.5 Å². The summed E-state index contributed by atoms with van der Waals surface area (Å²) in [5, 5.41) is 17.8. The van der Waals surface area contributed by atoms with Gasteiger partial charge in [-0.3, -0.25) is 29.8 Å². The van der Waals surface area contributed by atoms with E-state index in [1.54, 1.807) is 10.8 Å². The number of benzene rings is 1. The number of anilines is 2. The molecule has 12 heteroatoms. The fourth-order valence-corrected chi connectivity index (χ4v) is 3.66. The summed E-state index contributed by atoms with van der Waals surface area (Å²) >= 11 is 2.32. The predicted molar refractivity (Wildman–Crippen MR) is 109 cm³/mol. The lowest BCUT2D eigenvalue weighted by Crippen LogP contribution is -2.14. The van der Waals surface area contributed by atoms with Crippen molar-refractivity contribution in [2.75, 3.05) is 10.6 Å². The summed E-state index contributed by atoms with van der Waals surface area (Å²) in [6.07, 6.45) is -0.221. The number of rotatable bonds is 9. The number of nitrogens with one attached hydrogen (secondary N) is 2. The zero-order chi connectivity index (χ0) is 21.5. The summed E-state index contributed by atoms with van der Waals surface area (Å²) in [4.78, 5) is 53.7. The van der Waals surface area contributed by atoms with Crippen LogP contribution in [0.2, 0.25) is 0 Å². The maximum Gasteiger partial charge on any atom is 0.309 e. The van der Waals surface area contributed by atoms with Gasteiger partial charge in [-0.15, -0.1) is 22.7 Å². The number of amides is 2. The molecule has 0 atom stereocenters. The third-order valence-electron chi connectivity index (χ3n) is 3.59. The van der Waals surface area contributed by atoms with Crippen molar-refractivity contribution in [1.82, 2.24) is 9.97 Å². The Kier molecular flexibility index (Phi) is 6.83. The molecule has 1 aromatic carbocycles. The quantitative estimate of drug-likeness (QED) is 0.425. The molecule has 0 radical (unpaired) electrons. The van der Waals surface area contributed by atoms with E-state index in [1.807, 2.05) is 0 Å². The largest absolute Gasteiger partial charge is 0.481 e. The number of hydrogen-bond acceptors (Lipinski definition) is 9. The highest BCUT2D eigenvalue weighted by Gasteiger charge is 2.13. The normalized spacial score (nSPS) is 10.3. The Hall–Kier alpha value is -3.64. The SMILES string of the molecule is O=COCc1csc(NC(=O)c2ccc(C(=O)Nc3nc(CC(=O)O)cs3)cc2)n1. The highest BCUT2D eigenvalue weighted by molar-refractivity contribution is 7.14. The molecular formula is C18H14N4O6S2. The second-order valence-electron chi connectivity index (χ2n) is 5.75. The number of aromatic nitrogens is 2. The number of aliphatic carboxylic acids is 1. The van der Waals surface area contributed by atoms with Crippen molar-refractivity contribution in [3.63, 3.8) is 0 Å². The minimum absolute atomic E-state index is 0.0244. The molecule has 2 heterocycles. The second-order valence-corrected chi connectivity index (χ2v) is 7.47. The highest BCUT2D eigenvalue weighted by atomic mass is 32.1. The molecule has 0 aliphatic heterocycles. The summed E-state index contributed by atoms with van der Waals surface area (Å²) < 4.78 is 4.60. The fraction of sp³-hybridized carbons (Fsp3) is 0.111. The van der Waals surface area contributed by atoms with Crippen LogP contribution < -0.4 is 10.6 Å². The van der Waals surface area contributed by atoms with Gasteiger partial charge in [-0.2, -0.15) is 0 Å². The Morgan fingerprint density at radius 2 is 1.43 bits per heavy atom. The van der Waals surface area contributed by atoms with E-state index in [1.165, 1.54) is 35.6 Å². The third kappa shape index (κ3) is 5.68. The summed E-state index contributed by atoms with van der Waals surface area (Å²) in [6.45, 7) is 0.343. The van der Waals surface area contributed by atoms with Gasteiger partial charge < -0.3 is 9.84 Å². The Morgan fingerprint density at radius 3 is 1.93 bits per heavy atom. The standard InChI is InChI=1S/C18H14N4O6S2/c23-9-28-6-13-8-30-18(20-13)22-16(27)11-3-1-10(2-4-11)15(26)21-17-19-12(7-29-17)5-14(24)25/h1-4,7-9H,5-6H2,(H,24,25)(H,19,21,26)(H,20,22,27). The molecule has 154 valence electrons. The van der Waals surface area contributed by atoms with Gasteiger partial charge in [0.2, 0.25) is 0 Å². The van der Waals surface area contributed by atoms with Gasteiger partial charge in [0.05, 0.1) is 17.8 Å². The number of carbonyl (C=O) groups is 4. The van der Waals surface area contributed by atoms with Crippen molar-refractivity contribution in [3.8, 4) is 0 Å². The number of carboxylic acid groups (broad SMARTS) is 1. The van der Waals surface area contributed by atoms with Crippen molar-refractivity contribution < 1.29 is 29.0 Å². The van der Waals surface area contributed by atoms with E-state index < -0.39 is 17.8 Å². The summed E-state index contributed by atoms with van der Waals surface area (Å²) in [5.74, 6) is -1.84. The minimum Gasteiger partial charge on any atom is -0.481 e. The maximum absolute atomic E-state index is 12.3. The van der Waals surface area contributed by atoms with Gasteiger partial charge in [-0.1, -0.05) is 0 Å². The van der Waals surface area contributed by atoms with Gasteiger partial charge in [0.1, 0.15) is 6.61 Å². The van der Waals surface area contributed by atoms with E-state index >= 15 is 0 Å². The van der Waals surface area contributed by atoms with E-state index in [2.05, 4.69) is 25.3 Å². The third-order valence-corrected chi connectivity index (χ3v) is 5.20. The summed E-state index contributed by atoms with van der Waals surface area (Å²) in [5.41, 5.74) is 1.51. The Balaban J connectivity index is 1.58. The Bertz CT molecular complexity index is 1080. The zero-order valence-corrected chi connectivity index (χ0v) is 16.8. The van der Waals surface area contributed by atoms with Crippen LogP contribution in [0.3, 0.4) is 0 Å². The molecule has 0 bridgehead atoms. The molecule has 0 aliphatic rings. The van der Waals surface area contributed by atoms with Crippen molar-refractivity contribution in [1.29, 1.82) is 0 Å². The number of ether oxygens (including phenoxy) is 1. The van der Waals surface area contributed by atoms with E-state index in [9.17, 15) is 19.2 Å². The van der Waals surface area contributed by atoms with Crippen LogP contribution in [0.15, 0.2) is 35.0 Å².